The second kappa shape index (κ2) is 9.38. The maximum Gasteiger partial charge on any atom is 0.227 e. The fourth-order valence-corrected chi connectivity index (χ4v) is 3.02. The Morgan fingerprint density at radius 2 is 1.48 bits per heavy atom. The number of hydrogen-bond acceptors (Lipinski definition) is 4. The molecule has 0 aliphatic heterocycles. The maximum atomic E-state index is 12.7. The molecule has 0 aromatic heterocycles. The average molecular weight is 298 g/mol. The molecule has 2 unspecified atom stereocenters. The number of hydrogen-bond donors (Lipinski definition) is 1. The van der Waals surface area contributed by atoms with Gasteiger partial charge in [0.15, 0.2) is 0 Å². The molecule has 124 valence electrons. The molecule has 0 bridgehead atoms. The zero-order valence-electron chi connectivity index (χ0n) is 14.3. The predicted molar refractivity (Wildman–Crippen MR) is 88.2 cm³/mol. The second-order valence-corrected chi connectivity index (χ2v) is 6.84. The molecule has 1 aliphatic rings. The van der Waals surface area contributed by atoms with E-state index in [-0.39, 0.29) is 17.9 Å². The van der Waals surface area contributed by atoms with Crippen LogP contribution in [0.3, 0.4) is 0 Å². The summed E-state index contributed by atoms with van der Waals surface area (Å²) in [7, 11) is 8.30. The van der Waals surface area contributed by atoms with Gasteiger partial charge in [0.1, 0.15) is 0 Å². The zero-order valence-corrected chi connectivity index (χ0v) is 14.3. The lowest BCUT2D eigenvalue weighted by Gasteiger charge is -2.28. The van der Waals surface area contributed by atoms with Crippen molar-refractivity contribution in [2.75, 3.05) is 54.4 Å². The van der Waals surface area contributed by atoms with Crippen LogP contribution in [0.1, 0.15) is 32.1 Å². The quantitative estimate of drug-likeness (QED) is 0.685. The van der Waals surface area contributed by atoms with Crippen LogP contribution in [-0.2, 0) is 4.79 Å². The van der Waals surface area contributed by atoms with Crippen molar-refractivity contribution in [3.05, 3.63) is 0 Å². The molecule has 2 N–H and O–H groups in total. The van der Waals surface area contributed by atoms with E-state index < -0.39 is 0 Å². The molecule has 0 radical (unpaired) electrons. The molecule has 0 heterocycles. The van der Waals surface area contributed by atoms with Gasteiger partial charge in [0, 0.05) is 19.1 Å². The number of amides is 1. The minimum atomic E-state index is 0.0590. The van der Waals surface area contributed by atoms with Gasteiger partial charge in [0.25, 0.3) is 0 Å². The van der Waals surface area contributed by atoms with Gasteiger partial charge in [-0.1, -0.05) is 6.42 Å². The summed E-state index contributed by atoms with van der Waals surface area (Å²) in [6, 6.07) is 0.0719. The first-order valence-electron chi connectivity index (χ1n) is 8.25. The molecule has 0 spiro atoms. The Bertz CT molecular complexity index is 293. The van der Waals surface area contributed by atoms with Crippen molar-refractivity contribution in [3.63, 3.8) is 0 Å². The van der Waals surface area contributed by atoms with Crippen LogP contribution in [0.15, 0.2) is 0 Å². The van der Waals surface area contributed by atoms with Crippen LogP contribution in [0.25, 0.3) is 0 Å². The van der Waals surface area contributed by atoms with Crippen LogP contribution in [0, 0.1) is 5.92 Å². The standard InChI is InChI=1S/C16H34N4O/c1-18(2)10-6-12-20(13-7-11-19(3)4)16(21)14-8-5-9-15(14)17/h14-15H,5-13,17H2,1-4H3. The van der Waals surface area contributed by atoms with Crippen LogP contribution in [0.5, 0.6) is 0 Å². The Kier molecular flexibility index (Phi) is 8.22. The van der Waals surface area contributed by atoms with E-state index in [9.17, 15) is 4.79 Å². The molecule has 5 heteroatoms. The van der Waals surface area contributed by atoms with Gasteiger partial charge in [-0.25, -0.2) is 0 Å². The Hall–Kier alpha value is -0.650. The first kappa shape index (κ1) is 18.4. The second-order valence-electron chi connectivity index (χ2n) is 6.84. The topological polar surface area (TPSA) is 52.8 Å². The molecular formula is C16H34N4O. The molecule has 2 atom stereocenters. The van der Waals surface area contributed by atoms with E-state index in [1.165, 1.54) is 0 Å². The smallest absolute Gasteiger partial charge is 0.227 e. The van der Waals surface area contributed by atoms with Crippen molar-refractivity contribution in [2.45, 2.75) is 38.1 Å². The van der Waals surface area contributed by atoms with Gasteiger partial charge in [-0.15, -0.1) is 0 Å². The Balaban J connectivity index is 2.50. The van der Waals surface area contributed by atoms with Crippen molar-refractivity contribution in [3.8, 4) is 0 Å². The van der Waals surface area contributed by atoms with Gasteiger partial charge >= 0.3 is 0 Å². The Morgan fingerprint density at radius 3 is 1.86 bits per heavy atom. The van der Waals surface area contributed by atoms with Crippen LogP contribution in [-0.4, -0.2) is 81.0 Å². The van der Waals surface area contributed by atoms with E-state index in [2.05, 4.69) is 42.9 Å². The molecule has 1 amide bonds. The molecule has 0 aromatic rings. The summed E-state index contributed by atoms with van der Waals surface area (Å²) in [5.74, 6) is 0.348. The number of carbonyl (C=O) groups is 1. The average Bonchev–Trinajstić information content (AvgIpc) is 2.81. The van der Waals surface area contributed by atoms with Crippen molar-refractivity contribution in [1.29, 1.82) is 0 Å². The highest BCUT2D eigenvalue weighted by Crippen LogP contribution is 2.26. The normalized spacial score (nSPS) is 22.2. The molecule has 21 heavy (non-hydrogen) atoms. The van der Waals surface area contributed by atoms with Crippen LogP contribution >= 0.6 is 0 Å². The van der Waals surface area contributed by atoms with E-state index in [0.29, 0.717) is 0 Å². The summed E-state index contributed by atoms with van der Waals surface area (Å²) in [5, 5.41) is 0. The first-order chi connectivity index (χ1) is 9.91. The molecule has 1 aliphatic carbocycles. The Morgan fingerprint density at radius 1 is 0.952 bits per heavy atom. The number of nitrogens with two attached hydrogens (primary N) is 1. The molecule has 5 nitrogen and oxygen atoms in total. The number of rotatable bonds is 9. The predicted octanol–water partition coefficient (Wildman–Crippen LogP) is 0.846. The van der Waals surface area contributed by atoms with Gasteiger partial charge in [0.05, 0.1) is 5.92 Å². The largest absolute Gasteiger partial charge is 0.342 e. The van der Waals surface area contributed by atoms with Crippen molar-refractivity contribution < 1.29 is 4.79 Å². The van der Waals surface area contributed by atoms with Gasteiger partial charge in [-0.05, 0) is 67.0 Å². The maximum absolute atomic E-state index is 12.7. The highest BCUT2D eigenvalue weighted by molar-refractivity contribution is 5.79. The minimum Gasteiger partial charge on any atom is -0.342 e. The Labute approximate surface area is 130 Å². The van der Waals surface area contributed by atoms with Crippen molar-refractivity contribution in [2.24, 2.45) is 11.7 Å². The van der Waals surface area contributed by atoms with E-state index in [4.69, 9.17) is 5.73 Å². The molecule has 0 aromatic carbocycles. The lowest BCUT2D eigenvalue weighted by molar-refractivity contribution is -0.136. The lowest BCUT2D eigenvalue weighted by atomic mass is 10.0. The monoisotopic (exact) mass is 298 g/mol. The molecule has 1 rings (SSSR count). The fourth-order valence-electron chi connectivity index (χ4n) is 3.02. The van der Waals surface area contributed by atoms with Gasteiger partial charge in [0.2, 0.25) is 5.91 Å². The lowest BCUT2D eigenvalue weighted by Crippen LogP contribution is -2.43. The molecule has 1 saturated carbocycles. The number of nitrogens with zero attached hydrogens (tertiary/aromatic N) is 3. The highest BCUT2D eigenvalue weighted by Gasteiger charge is 2.32. The van der Waals surface area contributed by atoms with E-state index in [0.717, 1.165) is 58.3 Å². The van der Waals surface area contributed by atoms with E-state index in [1.54, 1.807) is 0 Å². The number of carbonyl (C=O) groups excluding carboxylic acids is 1. The summed E-state index contributed by atoms with van der Waals surface area (Å²) in [4.78, 5) is 19.1. The first-order valence-corrected chi connectivity index (χ1v) is 8.25. The molecule has 0 saturated heterocycles. The highest BCUT2D eigenvalue weighted by atomic mass is 16.2. The fraction of sp³-hybridized carbons (Fsp3) is 0.938. The zero-order chi connectivity index (χ0) is 15.8. The summed E-state index contributed by atoms with van der Waals surface area (Å²) in [6.45, 7) is 3.75. The summed E-state index contributed by atoms with van der Waals surface area (Å²) in [5.41, 5.74) is 6.11. The van der Waals surface area contributed by atoms with Crippen LogP contribution < -0.4 is 5.73 Å². The van der Waals surface area contributed by atoms with Gasteiger partial charge in [-0.3, -0.25) is 4.79 Å². The van der Waals surface area contributed by atoms with Gasteiger partial charge < -0.3 is 20.4 Å². The van der Waals surface area contributed by atoms with Crippen molar-refractivity contribution in [1.82, 2.24) is 14.7 Å². The molecular weight excluding hydrogens is 264 g/mol. The van der Waals surface area contributed by atoms with E-state index >= 15 is 0 Å². The summed E-state index contributed by atoms with van der Waals surface area (Å²) < 4.78 is 0. The van der Waals surface area contributed by atoms with Crippen molar-refractivity contribution >= 4 is 5.91 Å². The van der Waals surface area contributed by atoms with Crippen LogP contribution in [0.4, 0.5) is 0 Å². The SMILES string of the molecule is CN(C)CCCN(CCCN(C)C)C(=O)C1CCCC1N. The van der Waals surface area contributed by atoms with Crippen LogP contribution in [0.2, 0.25) is 0 Å². The summed E-state index contributed by atoms with van der Waals surface area (Å²) >= 11 is 0. The third-order valence-corrected chi connectivity index (χ3v) is 4.26. The summed E-state index contributed by atoms with van der Waals surface area (Å²) in [6.07, 6.45) is 5.13. The minimum absolute atomic E-state index is 0.0590. The third-order valence-electron chi connectivity index (χ3n) is 4.26. The third kappa shape index (κ3) is 6.76. The van der Waals surface area contributed by atoms with Gasteiger partial charge in [-0.2, -0.15) is 0 Å². The van der Waals surface area contributed by atoms with E-state index in [1.807, 2.05) is 0 Å². The molecule has 1 fully saturated rings.